The second-order valence-corrected chi connectivity index (χ2v) is 12.7. The van der Waals surface area contributed by atoms with E-state index in [0.29, 0.717) is 46.9 Å². The summed E-state index contributed by atoms with van der Waals surface area (Å²) in [6.07, 6.45) is -0.986. The minimum Gasteiger partial charge on any atom is -0.348 e. The lowest BCUT2D eigenvalue weighted by atomic mass is 10.0. The molecule has 9 nitrogen and oxygen atoms in total. The maximum atomic E-state index is 15.3. The number of aromatic nitrogens is 4. The summed E-state index contributed by atoms with van der Waals surface area (Å²) in [6, 6.07) is 6.98. The van der Waals surface area contributed by atoms with Gasteiger partial charge in [-0.1, -0.05) is 0 Å². The van der Waals surface area contributed by atoms with Crippen molar-refractivity contribution < 1.29 is 27.2 Å². The van der Waals surface area contributed by atoms with Gasteiger partial charge in [-0.2, -0.15) is 0 Å². The molecule has 0 spiro atoms. The number of benzene rings is 1. The van der Waals surface area contributed by atoms with Crippen LogP contribution in [0.2, 0.25) is 0 Å². The number of fused-ring (bicyclic) bond motifs is 3. The van der Waals surface area contributed by atoms with Crippen LogP contribution in [-0.2, 0) is 18.4 Å². The van der Waals surface area contributed by atoms with Crippen LogP contribution in [0.1, 0.15) is 61.1 Å². The summed E-state index contributed by atoms with van der Waals surface area (Å²) in [4.78, 5) is 35.4. The fraction of sp³-hybridized carbons (Fsp3) is 0.500. The molecule has 1 aliphatic carbocycles. The monoisotopic (exact) mass is 625 g/mol. The highest BCUT2D eigenvalue weighted by molar-refractivity contribution is 5.98. The van der Waals surface area contributed by atoms with Crippen LogP contribution in [0.4, 0.5) is 17.6 Å². The molecule has 4 aromatic rings. The lowest BCUT2D eigenvalue weighted by Crippen LogP contribution is -2.52. The number of aryl methyl sites for hydroxylation is 2. The van der Waals surface area contributed by atoms with Crippen molar-refractivity contribution >= 4 is 33.9 Å². The van der Waals surface area contributed by atoms with E-state index in [1.54, 1.807) is 11.6 Å². The maximum Gasteiger partial charge on any atom is 0.254 e. The average Bonchev–Trinajstić information content (AvgIpc) is 3.56. The van der Waals surface area contributed by atoms with Crippen LogP contribution in [0.25, 0.3) is 33.6 Å². The Labute approximate surface area is 256 Å². The first-order valence-corrected chi connectivity index (χ1v) is 15.5. The number of carbonyl (C=O) groups is 2. The van der Waals surface area contributed by atoms with Crippen molar-refractivity contribution in [3.63, 3.8) is 0 Å². The molecule has 7 rings (SSSR count). The quantitative estimate of drug-likeness (QED) is 0.284. The van der Waals surface area contributed by atoms with Gasteiger partial charge in [-0.25, -0.2) is 27.5 Å². The standard InChI is InChI=1S/C32H35F4N7O2/c1-16-23-5-4-17-11-27(43(28(17)39-23)9-3-7-32(35,36)14-18-10-19(18)30(44)38-16)29-40-24-12-20(22(34)13-26(24)42(29)2)31(45)41-25-15-37-8-6-21(25)33/h4-5,11-13,16,18-19,21,25,37H,3,6-10,14-15H2,1-2H3,(H,38,44)(H,41,45)/t16-,18+,19-,21+,25+/m1/s1. The van der Waals surface area contributed by atoms with E-state index in [9.17, 15) is 22.8 Å². The van der Waals surface area contributed by atoms with Gasteiger partial charge < -0.3 is 25.1 Å². The topological polar surface area (TPSA) is 106 Å². The summed E-state index contributed by atoms with van der Waals surface area (Å²) in [7, 11) is 1.72. The first-order valence-electron chi connectivity index (χ1n) is 15.5. The number of nitrogens with one attached hydrogen (secondary N) is 3. The van der Waals surface area contributed by atoms with Gasteiger partial charge in [0.05, 0.1) is 40.1 Å². The van der Waals surface area contributed by atoms with E-state index in [1.165, 1.54) is 12.1 Å². The highest BCUT2D eigenvalue weighted by Gasteiger charge is 2.48. The lowest BCUT2D eigenvalue weighted by molar-refractivity contribution is -0.123. The highest BCUT2D eigenvalue weighted by Crippen LogP contribution is 2.47. The van der Waals surface area contributed by atoms with E-state index < -0.39 is 35.9 Å². The van der Waals surface area contributed by atoms with Crippen molar-refractivity contribution in [2.45, 2.75) is 69.8 Å². The molecule has 1 aromatic carbocycles. The van der Waals surface area contributed by atoms with Crippen LogP contribution < -0.4 is 16.0 Å². The number of hydrogen-bond donors (Lipinski definition) is 3. The molecular formula is C32H35F4N7O2. The predicted molar refractivity (Wildman–Crippen MR) is 160 cm³/mol. The smallest absolute Gasteiger partial charge is 0.254 e. The molecule has 0 radical (unpaired) electrons. The van der Waals surface area contributed by atoms with Crippen LogP contribution in [0, 0.1) is 17.7 Å². The van der Waals surface area contributed by atoms with Crippen LogP contribution in [0.3, 0.4) is 0 Å². The van der Waals surface area contributed by atoms with Gasteiger partial charge in [0.15, 0.2) is 5.82 Å². The summed E-state index contributed by atoms with van der Waals surface area (Å²) in [5, 5.41) is 9.33. The minimum atomic E-state index is -2.90. The molecule has 2 fully saturated rings. The summed E-state index contributed by atoms with van der Waals surface area (Å²) in [5.74, 6) is -4.89. The van der Waals surface area contributed by atoms with E-state index >= 15 is 4.39 Å². The largest absolute Gasteiger partial charge is 0.348 e. The first kappa shape index (κ1) is 29.7. The number of imidazole rings is 1. The van der Waals surface area contributed by atoms with Crippen LogP contribution in [0.15, 0.2) is 30.3 Å². The molecule has 2 amide bonds. The van der Waals surface area contributed by atoms with Gasteiger partial charge in [0.2, 0.25) is 11.8 Å². The Balaban J connectivity index is 1.27. The fourth-order valence-electron chi connectivity index (χ4n) is 6.79. The number of alkyl halides is 3. The summed E-state index contributed by atoms with van der Waals surface area (Å²) in [5.41, 5.74) is 2.35. The zero-order valence-corrected chi connectivity index (χ0v) is 25.0. The van der Waals surface area contributed by atoms with Crippen molar-refractivity contribution in [3.05, 3.63) is 47.4 Å². The number of halogens is 4. The van der Waals surface area contributed by atoms with E-state index in [-0.39, 0.29) is 62.1 Å². The Hall–Kier alpha value is -4.00. The van der Waals surface area contributed by atoms with Crippen molar-refractivity contribution in [2.24, 2.45) is 18.9 Å². The number of pyridine rings is 1. The van der Waals surface area contributed by atoms with Gasteiger partial charge in [0.1, 0.15) is 17.6 Å². The van der Waals surface area contributed by atoms with E-state index in [4.69, 9.17) is 9.97 Å². The summed E-state index contributed by atoms with van der Waals surface area (Å²) >= 11 is 0. The van der Waals surface area contributed by atoms with E-state index in [0.717, 1.165) is 5.39 Å². The number of carbonyl (C=O) groups excluding carboxylic acids is 2. The predicted octanol–water partition coefficient (Wildman–Crippen LogP) is 4.79. The molecule has 3 aliphatic rings. The number of piperidine rings is 1. The first-order chi connectivity index (χ1) is 21.5. The normalized spacial score (nSPS) is 26.8. The molecule has 2 bridgehead atoms. The third-order valence-corrected chi connectivity index (χ3v) is 9.47. The molecule has 13 heteroatoms. The highest BCUT2D eigenvalue weighted by atomic mass is 19.3. The van der Waals surface area contributed by atoms with Crippen molar-refractivity contribution in [2.75, 3.05) is 13.1 Å². The molecule has 3 aromatic heterocycles. The van der Waals surface area contributed by atoms with E-state index in [2.05, 4.69) is 16.0 Å². The molecule has 5 heterocycles. The fourth-order valence-corrected chi connectivity index (χ4v) is 6.79. The van der Waals surface area contributed by atoms with Crippen molar-refractivity contribution in [1.82, 2.24) is 35.1 Å². The van der Waals surface area contributed by atoms with Gasteiger partial charge in [0, 0.05) is 50.3 Å². The van der Waals surface area contributed by atoms with Gasteiger partial charge in [-0.3, -0.25) is 9.59 Å². The second-order valence-electron chi connectivity index (χ2n) is 12.7. The van der Waals surface area contributed by atoms with Gasteiger partial charge in [-0.15, -0.1) is 0 Å². The van der Waals surface area contributed by atoms with Gasteiger partial charge >= 0.3 is 0 Å². The molecular weight excluding hydrogens is 590 g/mol. The molecule has 3 N–H and O–H groups in total. The van der Waals surface area contributed by atoms with Crippen molar-refractivity contribution in [3.8, 4) is 11.5 Å². The summed E-state index contributed by atoms with van der Waals surface area (Å²) in [6.45, 7) is 2.83. The molecule has 0 unspecified atom stereocenters. The van der Waals surface area contributed by atoms with Crippen LogP contribution >= 0.6 is 0 Å². The molecule has 238 valence electrons. The van der Waals surface area contributed by atoms with Gasteiger partial charge in [0.25, 0.3) is 5.91 Å². The Kier molecular flexibility index (Phi) is 7.33. The van der Waals surface area contributed by atoms with Crippen LogP contribution in [0.5, 0.6) is 0 Å². The number of hydrogen-bond acceptors (Lipinski definition) is 5. The Bertz CT molecular complexity index is 1820. The Morgan fingerprint density at radius 2 is 2.00 bits per heavy atom. The SMILES string of the molecule is C[C@H]1NC(=O)[C@@H]2C[C@H]2CC(F)(F)CCCn2c(-c3nc4cc(C(=O)N[C@H]5CNCC[C@@H]5F)c(F)cc4n3C)cc3ccc1nc32. The number of nitrogens with zero attached hydrogens (tertiary/aromatic N) is 4. The number of amides is 2. The van der Waals surface area contributed by atoms with E-state index in [1.807, 2.05) is 29.7 Å². The second kappa shape index (κ2) is 11.1. The van der Waals surface area contributed by atoms with Crippen LogP contribution in [-0.4, -0.2) is 62.1 Å². The van der Waals surface area contributed by atoms with Gasteiger partial charge in [-0.05, 0) is 62.9 Å². The Morgan fingerprint density at radius 1 is 1.18 bits per heavy atom. The molecule has 45 heavy (non-hydrogen) atoms. The Morgan fingerprint density at radius 3 is 2.80 bits per heavy atom. The molecule has 2 aliphatic heterocycles. The minimum absolute atomic E-state index is 0.170. The summed E-state index contributed by atoms with van der Waals surface area (Å²) < 4.78 is 63.1. The van der Waals surface area contributed by atoms with Crippen molar-refractivity contribution in [1.29, 1.82) is 0 Å². The lowest BCUT2D eigenvalue weighted by Gasteiger charge is -2.27. The maximum absolute atomic E-state index is 15.3. The average molecular weight is 626 g/mol. The zero-order valence-electron chi connectivity index (χ0n) is 25.0. The number of rotatable bonds is 3. The molecule has 1 saturated carbocycles. The molecule has 5 atom stereocenters. The third-order valence-electron chi connectivity index (χ3n) is 9.47. The zero-order chi connectivity index (χ0) is 31.6. The third kappa shape index (κ3) is 5.55. The molecule has 1 saturated heterocycles.